The summed E-state index contributed by atoms with van der Waals surface area (Å²) in [5.74, 6) is 0. The molecule has 0 unspecified atom stereocenters. The molecular formula is C16H23Cl2N3O2S2. The Morgan fingerprint density at radius 3 is 2.56 bits per heavy atom. The van der Waals surface area contributed by atoms with Crippen molar-refractivity contribution in [1.29, 1.82) is 0 Å². The minimum Gasteiger partial charge on any atom is -0.314 e. The van der Waals surface area contributed by atoms with Gasteiger partial charge in [-0.15, -0.1) is 36.2 Å². The number of rotatable bonds is 4. The monoisotopic (exact) mass is 423 g/mol. The van der Waals surface area contributed by atoms with E-state index in [4.69, 9.17) is 4.98 Å². The summed E-state index contributed by atoms with van der Waals surface area (Å²) in [4.78, 5) is 7.48. The minimum atomic E-state index is -3.15. The highest BCUT2D eigenvalue weighted by Gasteiger charge is 2.19. The molecule has 3 rings (SSSR count). The summed E-state index contributed by atoms with van der Waals surface area (Å²) in [5, 5.41) is 6.42. The predicted octanol–water partition coefficient (Wildman–Crippen LogP) is 2.85. The number of nitrogens with zero attached hydrogens (tertiary/aromatic N) is 2. The molecule has 1 aromatic carbocycles. The summed E-state index contributed by atoms with van der Waals surface area (Å²) >= 11 is 1.60. The number of nitrogens with one attached hydrogen (secondary N) is 1. The zero-order valence-corrected chi connectivity index (χ0v) is 17.4. The van der Waals surface area contributed by atoms with Crippen molar-refractivity contribution < 1.29 is 8.42 Å². The van der Waals surface area contributed by atoms with Crippen molar-refractivity contribution in [2.75, 3.05) is 25.9 Å². The summed E-state index contributed by atoms with van der Waals surface area (Å²) in [6.45, 7) is 6.17. The zero-order chi connectivity index (χ0) is 16.4. The average Bonchev–Trinajstić information content (AvgIpc) is 2.97. The second kappa shape index (κ2) is 9.30. The highest BCUT2D eigenvalue weighted by atomic mass is 35.5. The Hall–Kier alpha value is -0.700. The number of piperazine rings is 1. The van der Waals surface area contributed by atoms with Crippen molar-refractivity contribution in [2.45, 2.75) is 24.4 Å². The second-order valence-electron chi connectivity index (χ2n) is 5.96. The molecule has 25 heavy (non-hydrogen) atoms. The normalized spacial score (nSPS) is 18.2. The first-order valence-electron chi connectivity index (χ1n) is 7.63. The van der Waals surface area contributed by atoms with Gasteiger partial charge in [0.25, 0.3) is 0 Å². The van der Waals surface area contributed by atoms with E-state index in [1.807, 2.05) is 12.1 Å². The Morgan fingerprint density at radius 1 is 1.28 bits per heavy atom. The van der Waals surface area contributed by atoms with Crippen LogP contribution in [0.1, 0.15) is 12.6 Å². The van der Waals surface area contributed by atoms with Crippen LogP contribution in [-0.4, -0.2) is 50.2 Å². The number of aromatic nitrogens is 1. The average molecular weight is 424 g/mol. The molecule has 0 radical (unpaired) electrons. The van der Waals surface area contributed by atoms with Gasteiger partial charge >= 0.3 is 0 Å². The molecule has 1 fully saturated rings. The summed E-state index contributed by atoms with van der Waals surface area (Å²) in [5.41, 5.74) is 2.04. The third-order valence-corrected chi connectivity index (χ3v) is 6.15. The van der Waals surface area contributed by atoms with Crippen LogP contribution in [0.3, 0.4) is 0 Å². The van der Waals surface area contributed by atoms with E-state index in [1.54, 1.807) is 23.5 Å². The largest absolute Gasteiger partial charge is 0.314 e. The van der Waals surface area contributed by atoms with Gasteiger partial charge in [0.2, 0.25) is 0 Å². The van der Waals surface area contributed by atoms with E-state index in [9.17, 15) is 8.42 Å². The first-order valence-corrected chi connectivity index (χ1v) is 10.4. The zero-order valence-electron chi connectivity index (χ0n) is 14.1. The molecule has 9 heteroatoms. The highest BCUT2D eigenvalue weighted by molar-refractivity contribution is 7.90. The maximum atomic E-state index is 11.5. The van der Waals surface area contributed by atoms with Crippen LogP contribution in [-0.2, 0) is 16.4 Å². The van der Waals surface area contributed by atoms with Gasteiger partial charge in [0.15, 0.2) is 9.84 Å². The molecule has 0 bridgehead atoms. The van der Waals surface area contributed by atoms with E-state index in [2.05, 4.69) is 22.5 Å². The molecule has 0 amide bonds. The lowest BCUT2D eigenvalue weighted by molar-refractivity contribution is 0.164. The molecule has 2 heterocycles. The molecule has 1 aliphatic heterocycles. The lowest BCUT2D eigenvalue weighted by atomic mass is 10.2. The topological polar surface area (TPSA) is 62.3 Å². The molecule has 1 N–H and O–H groups in total. The van der Waals surface area contributed by atoms with Crippen molar-refractivity contribution in [3.05, 3.63) is 35.3 Å². The van der Waals surface area contributed by atoms with E-state index in [0.717, 1.165) is 42.4 Å². The van der Waals surface area contributed by atoms with Crippen LogP contribution in [0.2, 0.25) is 0 Å². The first kappa shape index (κ1) is 22.3. The fourth-order valence-corrected chi connectivity index (χ4v) is 4.13. The summed E-state index contributed by atoms with van der Waals surface area (Å²) in [7, 11) is -3.15. The van der Waals surface area contributed by atoms with E-state index >= 15 is 0 Å². The third kappa shape index (κ3) is 5.64. The lowest BCUT2D eigenvalue weighted by Crippen LogP contribution is -2.49. The van der Waals surface area contributed by atoms with Gasteiger partial charge in [0, 0.05) is 49.4 Å². The van der Waals surface area contributed by atoms with Gasteiger partial charge in [-0.3, -0.25) is 4.90 Å². The van der Waals surface area contributed by atoms with Gasteiger partial charge in [-0.25, -0.2) is 13.4 Å². The Balaban J connectivity index is 0.00000156. The molecule has 1 aliphatic rings. The summed E-state index contributed by atoms with van der Waals surface area (Å²) in [6, 6.07) is 7.45. The van der Waals surface area contributed by atoms with Crippen molar-refractivity contribution in [2.24, 2.45) is 0 Å². The second-order valence-corrected chi connectivity index (χ2v) is 8.84. The van der Waals surface area contributed by atoms with Crippen LogP contribution in [0.25, 0.3) is 10.6 Å². The fourth-order valence-electron chi connectivity index (χ4n) is 2.68. The van der Waals surface area contributed by atoms with E-state index in [0.29, 0.717) is 10.9 Å². The molecule has 140 valence electrons. The van der Waals surface area contributed by atoms with Crippen LogP contribution in [0.15, 0.2) is 34.5 Å². The number of sulfone groups is 1. The Morgan fingerprint density at radius 2 is 1.96 bits per heavy atom. The quantitative estimate of drug-likeness (QED) is 0.818. The maximum Gasteiger partial charge on any atom is 0.175 e. The van der Waals surface area contributed by atoms with Crippen LogP contribution in [0, 0.1) is 0 Å². The Bertz CT molecular complexity index is 779. The number of hydrogen-bond donors (Lipinski definition) is 1. The molecule has 1 atom stereocenters. The van der Waals surface area contributed by atoms with E-state index < -0.39 is 9.84 Å². The molecule has 0 spiro atoms. The fraction of sp³-hybridized carbons (Fsp3) is 0.438. The number of benzene rings is 1. The summed E-state index contributed by atoms with van der Waals surface area (Å²) < 4.78 is 23.0. The van der Waals surface area contributed by atoms with Crippen LogP contribution in [0.4, 0.5) is 0 Å². The number of thiazole rings is 1. The van der Waals surface area contributed by atoms with Crippen molar-refractivity contribution in [3.8, 4) is 10.6 Å². The third-order valence-electron chi connectivity index (χ3n) is 4.09. The van der Waals surface area contributed by atoms with Gasteiger partial charge in [-0.05, 0) is 19.1 Å². The van der Waals surface area contributed by atoms with Crippen molar-refractivity contribution >= 4 is 46.0 Å². The lowest BCUT2D eigenvalue weighted by Gasteiger charge is -2.33. The Labute approximate surface area is 165 Å². The molecule has 0 aliphatic carbocycles. The molecular weight excluding hydrogens is 401 g/mol. The number of hydrogen-bond acceptors (Lipinski definition) is 6. The standard InChI is InChI=1S/C16H21N3O2S2.2ClH/c1-12-9-17-7-8-19(12)10-14-11-22-16(18-14)13-3-5-15(6-4-13)23(2,20)21;;/h3-6,11-12,17H,7-10H2,1-2H3;2*1H/t12-;;/m1../s1. The van der Waals surface area contributed by atoms with Gasteiger partial charge in [0.05, 0.1) is 10.6 Å². The van der Waals surface area contributed by atoms with Gasteiger partial charge in [0.1, 0.15) is 5.01 Å². The number of halogens is 2. The van der Waals surface area contributed by atoms with Crippen LogP contribution < -0.4 is 5.32 Å². The molecule has 1 aromatic heterocycles. The predicted molar refractivity (Wildman–Crippen MR) is 108 cm³/mol. The first-order chi connectivity index (χ1) is 10.9. The molecule has 5 nitrogen and oxygen atoms in total. The maximum absolute atomic E-state index is 11.5. The van der Waals surface area contributed by atoms with Crippen LogP contribution >= 0.6 is 36.2 Å². The van der Waals surface area contributed by atoms with Gasteiger partial charge in [-0.2, -0.15) is 0 Å². The molecule has 0 saturated carbocycles. The van der Waals surface area contributed by atoms with E-state index in [1.165, 1.54) is 6.26 Å². The highest BCUT2D eigenvalue weighted by Crippen LogP contribution is 2.25. The van der Waals surface area contributed by atoms with Gasteiger partial charge < -0.3 is 5.32 Å². The van der Waals surface area contributed by atoms with Crippen molar-refractivity contribution in [3.63, 3.8) is 0 Å². The minimum absolute atomic E-state index is 0. The molecule has 1 saturated heterocycles. The smallest absolute Gasteiger partial charge is 0.175 e. The molecule has 2 aromatic rings. The van der Waals surface area contributed by atoms with E-state index in [-0.39, 0.29) is 24.8 Å². The SMILES string of the molecule is C[C@@H]1CNCCN1Cc1csc(-c2ccc(S(C)(=O)=O)cc2)n1.Cl.Cl. The van der Waals surface area contributed by atoms with Crippen LogP contribution in [0.5, 0.6) is 0 Å². The summed E-state index contributed by atoms with van der Waals surface area (Å²) in [6.07, 6.45) is 1.22. The Kier molecular flexibility index (Phi) is 8.31. The van der Waals surface area contributed by atoms with Gasteiger partial charge in [-0.1, -0.05) is 12.1 Å². The van der Waals surface area contributed by atoms with Crippen molar-refractivity contribution in [1.82, 2.24) is 15.2 Å².